The van der Waals surface area contributed by atoms with Crippen LogP contribution in [0.1, 0.15) is 59.3 Å². The van der Waals surface area contributed by atoms with Gasteiger partial charge >= 0.3 is 0 Å². The van der Waals surface area contributed by atoms with Crippen LogP contribution in [-0.4, -0.2) is 43.8 Å². The van der Waals surface area contributed by atoms with Crippen molar-refractivity contribution in [1.29, 1.82) is 0 Å². The molecule has 1 aliphatic rings. The fourth-order valence-electron chi connectivity index (χ4n) is 3.52. The summed E-state index contributed by atoms with van der Waals surface area (Å²) in [4.78, 5) is 2.59. The zero-order valence-corrected chi connectivity index (χ0v) is 14.1. The third-order valence-corrected chi connectivity index (χ3v) is 5.11. The van der Waals surface area contributed by atoms with Gasteiger partial charge in [0.05, 0.1) is 6.61 Å². The average molecular weight is 284 g/mol. The van der Waals surface area contributed by atoms with Crippen LogP contribution >= 0.6 is 0 Å². The minimum atomic E-state index is 0.400. The first kappa shape index (κ1) is 17.9. The maximum Gasteiger partial charge on any atom is 0.0589 e. The van der Waals surface area contributed by atoms with Crippen LogP contribution in [0.4, 0.5) is 0 Å². The molecule has 0 aromatic heterocycles. The van der Waals surface area contributed by atoms with Crippen LogP contribution in [0.2, 0.25) is 0 Å². The highest BCUT2D eigenvalue weighted by Crippen LogP contribution is 2.32. The lowest BCUT2D eigenvalue weighted by Crippen LogP contribution is -2.46. The molecule has 1 saturated carbocycles. The topological polar surface area (TPSA) is 38.5 Å². The molecule has 4 atom stereocenters. The summed E-state index contributed by atoms with van der Waals surface area (Å²) >= 11 is 0. The second-order valence-corrected chi connectivity index (χ2v) is 6.64. The van der Waals surface area contributed by atoms with E-state index in [0.29, 0.717) is 18.0 Å². The van der Waals surface area contributed by atoms with Crippen LogP contribution in [0, 0.1) is 11.8 Å². The molecule has 0 aromatic carbocycles. The van der Waals surface area contributed by atoms with Crippen LogP contribution in [0.3, 0.4) is 0 Å². The maximum atomic E-state index is 6.40. The van der Waals surface area contributed by atoms with Crippen LogP contribution in [-0.2, 0) is 4.74 Å². The molecule has 0 amide bonds. The molecule has 0 spiro atoms. The molecule has 1 fully saturated rings. The number of ether oxygens (including phenoxy) is 1. The van der Waals surface area contributed by atoms with E-state index in [2.05, 4.69) is 25.7 Å². The molecule has 3 nitrogen and oxygen atoms in total. The summed E-state index contributed by atoms with van der Waals surface area (Å²) < 4.78 is 5.27. The Kier molecular flexibility index (Phi) is 8.74. The fourth-order valence-corrected chi connectivity index (χ4v) is 3.52. The quantitative estimate of drug-likeness (QED) is 0.706. The van der Waals surface area contributed by atoms with Crippen molar-refractivity contribution in [2.75, 3.05) is 26.8 Å². The van der Waals surface area contributed by atoms with E-state index in [1.54, 1.807) is 7.11 Å². The van der Waals surface area contributed by atoms with E-state index >= 15 is 0 Å². The van der Waals surface area contributed by atoms with Crippen LogP contribution < -0.4 is 5.73 Å². The summed E-state index contributed by atoms with van der Waals surface area (Å²) in [5.74, 6) is 1.58. The summed E-state index contributed by atoms with van der Waals surface area (Å²) in [5.41, 5.74) is 6.40. The van der Waals surface area contributed by atoms with E-state index < -0.39 is 0 Å². The van der Waals surface area contributed by atoms with Gasteiger partial charge in [-0.05, 0) is 44.4 Å². The fraction of sp³-hybridized carbons (Fsp3) is 1.00. The number of nitrogens with zero attached hydrogens (tertiary/aromatic N) is 1. The molecule has 0 saturated heterocycles. The molecule has 0 aliphatic heterocycles. The van der Waals surface area contributed by atoms with Crippen molar-refractivity contribution in [3.05, 3.63) is 0 Å². The molecule has 1 rings (SSSR count). The Bertz CT molecular complexity index is 247. The Morgan fingerprint density at radius 2 is 2.05 bits per heavy atom. The minimum absolute atomic E-state index is 0.400. The third kappa shape index (κ3) is 5.71. The highest BCUT2D eigenvalue weighted by Gasteiger charge is 2.29. The second kappa shape index (κ2) is 9.75. The van der Waals surface area contributed by atoms with Crippen molar-refractivity contribution in [1.82, 2.24) is 4.90 Å². The van der Waals surface area contributed by atoms with Crippen LogP contribution in [0.25, 0.3) is 0 Å². The molecule has 0 aromatic rings. The number of rotatable bonds is 9. The predicted octanol–water partition coefficient (Wildman–Crippen LogP) is 3.28. The van der Waals surface area contributed by atoms with Gasteiger partial charge in [0.15, 0.2) is 0 Å². The van der Waals surface area contributed by atoms with E-state index in [4.69, 9.17) is 10.5 Å². The summed E-state index contributed by atoms with van der Waals surface area (Å²) in [6.45, 7) is 9.91. The van der Waals surface area contributed by atoms with Crippen molar-refractivity contribution >= 4 is 0 Å². The third-order valence-electron chi connectivity index (χ3n) is 5.11. The van der Waals surface area contributed by atoms with E-state index in [0.717, 1.165) is 25.6 Å². The molecular weight excluding hydrogens is 248 g/mol. The van der Waals surface area contributed by atoms with Gasteiger partial charge in [0.1, 0.15) is 0 Å². The monoisotopic (exact) mass is 284 g/mol. The van der Waals surface area contributed by atoms with E-state index in [1.165, 1.54) is 38.5 Å². The Hall–Kier alpha value is -0.120. The molecule has 120 valence electrons. The highest BCUT2D eigenvalue weighted by atomic mass is 16.5. The zero-order chi connectivity index (χ0) is 15.0. The number of nitrogens with two attached hydrogens (primary N) is 1. The normalized spacial score (nSPS) is 28.8. The van der Waals surface area contributed by atoms with Crippen molar-refractivity contribution in [2.24, 2.45) is 17.6 Å². The van der Waals surface area contributed by atoms with Crippen molar-refractivity contribution in [3.63, 3.8) is 0 Å². The minimum Gasteiger partial charge on any atom is -0.383 e. The Balaban J connectivity index is 2.54. The van der Waals surface area contributed by atoms with Crippen LogP contribution in [0.15, 0.2) is 0 Å². The van der Waals surface area contributed by atoms with Gasteiger partial charge in [-0.2, -0.15) is 0 Å². The largest absolute Gasteiger partial charge is 0.383 e. The van der Waals surface area contributed by atoms with Gasteiger partial charge in [0.2, 0.25) is 0 Å². The molecule has 20 heavy (non-hydrogen) atoms. The first-order valence-electron chi connectivity index (χ1n) is 8.60. The average Bonchev–Trinajstić information content (AvgIpc) is 2.46. The molecule has 0 bridgehead atoms. The summed E-state index contributed by atoms with van der Waals surface area (Å²) in [5, 5.41) is 0. The van der Waals surface area contributed by atoms with Gasteiger partial charge < -0.3 is 10.5 Å². The predicted molar refractivity (Wildman–Crippen MR) is 86.9 cm³/mol. The summed E-state index contributed by atoms with van der Waals surface area (Å²) in [6.07, 6.45) is 7.77. The van der Waals surface area contributed by atoms with Crippen molar-refractivity contribution in [2.45, 2.75) is 71.4 Å². The number of methoxy groups -OCH3 is 1. The highest BCUT2D eigenvalue weighted by molar-refractivity contribution is 4.85. The maximum absolute atomic E-state index is 6.40. The van der Waals surface area contributed by atoms with Gasteiger partial charge in [-0.1, -0.05) is 26.7 Å². The van der Waals surface area contributed by atoms with Gasteiger partial charge in [0, 0.05) is 32.3 Å². The lowest BCUT2D eigenvalue weighted by molar-refractivity contribution is 0.0877. The summed E-state index contributed by atoms with van der Waals surface area (Å²) in [6, 6.07) is 1.03. The number of hydrogen-bond donors (Lipinski definition) is 1. The molecule has 0 radical (unpaired) electrons. The van der Waals surface area contributed by atoms with Gasteiger partial charge in [-0.25, -0.2) is 0 Å². The first-order valence-corrected chi connectivity index (χ1v) is 8.60. The van der Waals surface area contributed by atoms with E-state index in [1.807, 2.05) is 0 Å². The smallest absolute Gasteiger partial charge is 0.0589 e. The SMILES string of the molecule is CCCC1CCC(N)C(CN(CCOC)C(C)CC)C1. The summed E-state index contributed by atoms with van der Waals surface area (Å²) in [7, 11) is 1.79. The Morgan fingerprint density at radius 1 is 1.30 bits per heavy atom. The molecular formula is C17H36N2O. The van der Waals surface area contributed by atoms with Crippen molar-refractivity contribution in [3.8, 4) is 0 Å². The molecule has 0 heterocycles. The first-order chi connectivity index (χ1) is 9.62. The Morgan fingerprint density at radius 3 is 2.65 bits per heavy atom. The number of hydrogen-bond acceptors (Lipinski definition) is 3. The molecule has 2 N–H and O–H groups in total. The lowest BCUT2D eigenvalue weighted by Gasteiger charge is -2.39. The molecule has 3 heteroatoms. The molecule has 1 aliphatic carbocycles. The zero-order valence-electron chi connectivity index (χ0n) is 14.1. The van der Waals surface area contributed by atoms with E-state index in [-0.39, 0.29) is 0 Å². The van der Waals surface area contributed by atoms with Crippen LogP contribution in [0.5, 0.6) is 0 Å². The van der Waals surface area contributed by atoms with Gasteiger partial charge in [0.25, 0.3) is 0 Å². The van der Waals surface area contributed by atoms with Gasteiger partial charge in [-0.15, -0.1) is 0 Å². The molecule has 4 unspecified atom stereocenters. The standard InChI is InChI=1S/C17H36N2O/c1-5-7-15-8-9-17(18)16(12-15)13-19(10-11-20-4)14(3)6-2/h14-17H,5-13,18H2,1-4H3. The second-order valence-electron chi connectivity index (χ2n) is 6.64. The van der Waals surface area contributed by atoms with Gasteiger partial charge in [-0.3, -0.25) is 4.90 Å². The van der Waals surface area contributed by atoms with Crippen molar-refractivity contribution < 1.29 is 4.74 Å². The van der Waals surface area contributed by atoms with E-state index in [9.17, 15) is 0 Å². The lowest BCUT2D eigenvalue weighted by atomic mass is 9.76. The Labute approximate surface area is 126 Å².